The average Bonchev–Trinajstić information content (AvgIpc) is 2.85. The Bertz CT molecular complexity index is 989. The second-order valence-electron chi connectivity index (χ2n) is 10.6. The lowest BCUT2D eigenvalue weighted by Gasteiger charge is -2.42. The molecule has 0 aromatic carbocycles. The minimum atomic E-state index is -1.99. The molecule has 0 radical (unpaired) electrons. The standard InChI is InChI=1S/C26H38O15/c1-13(3-4-14-5-6-16(28)7-15(14)11-27)39-25-23(36)24(41-21(34)10-26(2,37)9-19(31)32)22(35)17(40-25)12-38-20(33)8-18(29)30/h7,13-14,17,22-25,27,35-37H,3-6,8-12H2,1-2H3,(H,29,30)(H,31,32)/t13?,14-,17-,22-,23-,24+,25-,26?/m1/s1. The summed E-state index contributed by atoms with van der Waals surface area (Å²) in [5.74, 6) is -5.23. The van der Waals surface area contributed by atoms with Crippen LogP contribution >= 0.6 is 0 Å². The Kier molecular flexibility index (Phi) is 12.8. The molecule has 41 heavy (non-hydrogen) atoms. The number of ketones is 1. The fourth-order valence-electron chi connectivity index (χ4n) is 4.67. The zero-order chi connectivity index (χ0) is 30.9. The molecule has 0 aromatic rings. The first-order valence-electron chi connectivity index (χ1n) is 13.1. The Morgan fingerprint density at radius 3 is 2.39 bits per heavy atom. The highest BCUT2D eigenvalue weighted by atomic mass is 16.7. The number of rotatable bonds is 15. The highest BCUT2D eigenvalue weighted by Gasteiger charge is 2.48. The van der Waals surface area contributed by atoms with Crippen molar-refractivity contribution < 1.29 is 73.6 Å². The van der Waals surface area contributed by atoms with Gasteiger partial charge in [0.1, 0.15) is 31.3 Å². The number of aliphatic carboxylic acids is 2. The number of allylic oxidation sites excluding steroid dienone is 1. The van der Waals surface area contributed by atoms with Crippen LogP contribution in [0.1, 0.15) is 58.8 Å². The van der Waals surface area contributed by atoms with Crippen LogP contribution in [0.2, 0.25) is 0 Å². The predicted molar refractivity (Wildman–Crippen MR) is 134 cm³/mol. The van der Waals surface area contributed by atoms with Crippen LogP contribution in [0.4, 0.5) is 0 Å². The van der Waals surface area contributed by atoms with E-state index in [4.69, 9.17) is 29.2 Å². The van der Waals surface area contributed by atoms with Gasteiger partial charge in [0.25, 0.3) is 0 Å². The second-order valence-corrected chi connectivity index (χ2v) is 10.6. The lowest BCUT2D eigenvalue weighted by atomic mass is 9.84. The van der Waals surface area contributed by atoms with E-state index in [2.05, 4.69) is 0 Å². The van der Waals surface area contributed by atoms with Gasteiger partial charge in [-0.2, -0.15) is 0 Å². The molecule has 6 N–H and O–H groups in total. The molecule has 2 unspecified atom stereocenters. The maximum atomic E-state index is 12.5. The SMILES string of the molecule is CC(CC[C@@H]1CCC(=O)C=C1CO)O[C@@H]1O[C@H](COC(=O)CC(=O)O)[C@@H](O)[C@H](OC(=O)CC(C)(O)CC(=O)O)[C@H]1O. The molecule has 1 heterocycles. The van der Waals surface area contributed by atoms with Gasteiger partial charge in [-0.15, -0.1) is 0 Å². The van der Waals surface area contributed by atoms with Crippen LogP contribution in [0.5, 0.6) is 0 Å². The van der Waals surface area contributed by atoms with Crippen molar-refractivity contribution in [1.82, 2.24) is 0 Å². The number of aliphatic hydroxyl groups excluding tert-OH is 3. The van der Waals surface area contributed by atoms with Gasteiger partial charge in [-0.25, -0.2) is 0 Å². The van der Waals surface area contributed by atoms with Crippen LogP contribution in [0.3, 0.4) is 0 Å². The van der Waals surface area contributed by atoms with E-state index in [1.54, 1.807) is 6.92 Å². The Balaban J connectivity index is 2.12. The van der Waals surface area contributed by atoms with Crippen LogP contribution in [-0.2, 0) is 42.9 Å². The van der Waals surface area contributed by atoms with Crippen LogP contribution in [0, 0.1) is 5.92 Å². The van der Waals surface area contributed by atoms with E-state index in [-0.39, 0.29) is 18.3 Å². The Labute approximate surface area is 235 Å². The first-order valence-corrected chi connectivity index (χ1v) is 13.1. The van der Waals surface area contributed by atoms with Crippen molar-refractivity contribution in [3.05, 3.63) is 11.6 Å². The molecule has 1 fully saturated rings. The van der Waals surface area contributed by atoms with E-state index in [1.165, 1.54) is 6.08 Å². The summed E-state index contributed by atoms with van der Waals surface area (Å²) in [7, 11) is 0. The topological polar surface area (TPSA) is 244 Å². The van der Waals surface area contributed by atoms with Crippen LogP contribution < -0.4 is 0 Å². The largest absolute Gasteiger partial charge is 0.481 e. The molecule has 0 bridgehead atoms. The summed E-state index contributed by atoms with van der Waals surface area (Å²) >= 11 is 0. The van der Waals surface area contributed by atoms with Crippen LogP contribution in [0.25, 0.3) is 0 Å². The lowest BCUT2D eigenvalue weighted by molar-refractivity contribution is -0.313. The smallest absolute Gasteiger partial charge is 0.317 e. The molecule has 0 spiro atoms. The van der Waals surface area contributed by atoms with Crippen molar-refractivity contribution in [2.75, 3.05) is 13.2 Å². The fourth-order valence-corrected chi connectivity index (χ4v) is 4.67. The van der Waals surface area contributed by atoms with Gasteiger partial charge in [0, 0.05) is 6.42 Å². The summed E-state index contributed by atoms with van der Waals surface area (Å²) in [6, 6.07) is 0. The molecule has 232 valence electrons. The molecule has 2 aliphatic rings. The third kappa shape index (κ3) is 11.1. The van der Waals surface area contributed by atoms with E-state index in [0.29, 0.717) is 31.3 Å². The van der Waals surface area contributed by atoms with Crippen LogP contribution in [-0.4, -0.2) is 116 Å². The number of carbonyl (C=O) groups is 5. The molecule has 0 amide bonds. The van der Waals surface area contributed by atoms with E-state index in [1.807, 2.05) is 0 Å². The fraction of sp³-hybridized carbons (Fsp3) is 0.731. The number of carbonyl (C=O) groups excluding carboxylic acids is 3. The molecule has 1 aliphatic carbocycles. The Morgan fingerprint density at radius 1 is 1.10 bits per heavy atom. The van der Waals surface area contributed by atoms with Gasteiger partial charge in [0.15, 0.2) is 18.2 Å². The molecule has 1 aliphatic heterocycles. The van der Waals surface area contributed by atoms with Crippen molar-refractivity contribution in [2.24, 2.45) is 5.92 Å². The minimum Gasteiger partial charge on any atom is -0.481 e. The van der Waals surface area contributed by atoms with Crippen LogP contribution in [0.15, 0.2) is 11.6 Å². The van der Waals surface area contributed by atoms with E-state index in [0.717, 1.165) is 6.92 Å². The monoisotopic (exact) mass is 590 g/mol. The number of hydrogen-bond donors (Lipinski definition) is 6. The number of esters is 2. The van der Waals surface area contributed by atoms with Crippen molar-refractivity contribution in [1.29, 1.82) is 0 Å². The normalized spacial score (nSPS) is 28.6. The molecule has 0 saturated carbocycles. The summed E-state index contributed by atoms with van der Waals surface area (Å²) in [6.45, 7) is 1.81. The lowest BCUT2D eigenvalue weighted by Crippen LogP contribution is -2.61. The molecule has 1 saturated heterocycles. The first-order chi connectivity index (χ1) is 19.1. The Hall–Kier alpha value is -2.95. The molecule has 15 heteroatoms. The van der Waals surface area contributed by atoms with Gasteiger partial charge >= 0.3 is 23.9 Å². The van der Waals surface area contributed by atoms with E-state index in [9.17, 15) is 44.4 Å². The summed E-state index contributed by atoms with van der Waals surface area (Å²) in [5, 5.41) is 59.0. The number of aliphatic hydroxyl groups is 4. The van der Waals surface area contributed by atoms with Gasteiger partial charge in [-0.05, 0) is 50.7 Å². The summed E-state index contributed by atoms with van der Waals surface area (Å²) in [4.78, 5) is 57.5. The van der Waals surface area contributed by atoms with Gasteiger partial charge < -0.3 is 49.6 Å². The maximum Gasteiger partial charge on any atom is 0.317 e. The Morgan fingerprint density at radius 2 is 1.78 bits per heavy atom. The number of hydrogen-bond acceptors (Lipinski definition) is 13. The third-order valence-corrected chi connectivity index (χ3v) is 6.75. The number of carboxylic acids is 2. The molecule has 0 aromatic heterocycles. The van der Waals surface area contributed by atoms with E-state index < -0.39 is 92.2 Å². The number of ether oxygens (including phenoxy) is 4. The van der Waals surface area contributed by atoms with Gasteiger partial charge in [-0.3, -0.25) is 24.0 Å². The summed E-state index contributed by atoms with van der Waals surface area (Å²) in [6.07, 6.45) is -8.10. The predicted octanol–water partition coefficient (Wildman–Crippen LogP) is -0.938. The van der Waals surface area contributed by atoms with Crippen molar-refractivity contribution >= 4 is 29.7 Å². The maximum absolute atomic E-state index is 12.5. The van der Waals surface area contributed by atoms with Crippen molar-refractivity contribution in [3.63, 3.8) is 0 Å². The molecule has 8 atom stereocenters. The first kappa shape index (κ1) is 34.3. The average molecular weight is 591 g/mol. The second kappa shape index (κ2) is 15.3. The summed E-state index contributed by atoms with van der Waals surface area (Å²) in [5.41, 5.74) is -1.38. The van der Waals surface area contributed by atoms with Crippen molar-refractivity contribution in [3.8, 4) is 0 Å². The quantitative estimate of drug-likeness (QED) is 0.0995. The van der Waals surface area contributed by atoms with Gasteiger partial charge in [0.2, 0.25) is 0 Å². The molecule has 15 nitrogen and oxygen atoms in total. The zero-order valence-electron chi connectivity index (χ0n) is 22.8. The van der Waals surface area contributed by atoms with Crippen molar-refractivity contribution in [2.45, 2.75) is 101 Å². The zero-order valence-corrected chi connectivity index (χ0v) is 22.8. The highest BCUT2D eigenvalue weighted by Crippen LogP contribution is 2.30. The van der Waals surface area contributed by atoms with E-state index >= 15 is 0 Å². The summed E-state index contributed by atoms with van der Waals surface area (Å²) < 4.78 is 21.4. The minimum absolute atomic E-state index is 0.0588. The van der Waals surface area contributed by atoms with Gasteiger partial charge in [-0.1, -0.05) is 0 Å². The molecule has 2 rings (SSSR count). The van der Waals surface area contributed by atoms with Gasteiger partial charge in [0.05, 0.1) is 31.2 Å². The molecular formula is C26H38O15. The molecular weight excluding hydrogens is 552 g/mol. The number of carboxylic acid groups (broad SMARTS) is 2. The highest BCUT2D eigenvalue weighted by molar-refractivity contribution is 5.91. The third-order valence-electron chi connectivity index (χ3n) is 6.75.